The molecule has 0 spiro atoms. The van der Waals surface area contributed by atoms with Crippen LogP contribution in [0.15, 0.2) is 12.5 Å². The van der Waals surface area contributed by atoms with Crippen LogP contribution in [0, 0.1) is 0 Å². The molecule has 1 aromatic rings. The summed E-state index contributed by atoms with van der Waals surface area (Å²) in [5, 5.41) is 3.27. The molecular weight excluding hydrogens is 244 g/mol. The molecule has 1 aromatic heterocycles. The van der Waals surface area contributed by atoms with Crippen molar-refractivity contribution in [2.45, 2.75) is 45.4 Å². The third kappa shape index (κ3) is 5.40. The van der Waals surface area contributed by atoms with Crippen molar-refractivity contribution in [2.75, 3.05) is 11.9 Å². The van der Waals surface area contributed by atoms with Crippen LogP contribution >= 0.6 is 12.2 Å². The molecule has 0 atom stereocenters. The van der Waals surface area contributed by atoms with E-state index in [9.17, 15) is 0 Å². The third-order valence-corrected chi connectivity index (χ3v) is 3.02. The Hall–Kier alpha value is -1.23. The topological polar surface area (TPSA) is 63.8 Å². The first-order valence-electron chi connectivity index (χ1n) is 6.59. The number of nitrogens with one attached hydrogen (secondary N) is 1. The molecule has 100 valence electrons. The molecule has 0 aliphatic carbocycles. The van der Waals surface area contributed by atoms with E-state index in [0.717, 1.165) is 24.3 Å². The first kappa shape index (κ1) is 14.8. The van der Waals surface area contributed by atoms with E-state index >= 15 is 0 Å². The van der Waals surface area contributed by atoms with Crippen molar-refractivity contribution in [2.24, 2.45) is 5.73 Å². The lowest BCUT2D eigenvalue weighted by Crippen LogP contribution is -2.15. The van der Waals surface area contributed by atoms with Crippen molar-refractivity contribution in [3.8, 4) is 0 Å². The van der Waals surface area contributed by atoms with E-state index in [4.69, 9.17) is 18.0 Å². The molecule has 0 radical (unpaired) electrons. The van der Waals surface area contributed by atoms with Gasteiger partial charge in [0.05, 0.1) is 5.56 Å². The van der Waals surface area contributed by atoms with Gasteiger partial charge in [0.2, 0.25) is 0 Å². The van der Waals surface area contributed by atoms with Crippen LogP contribution in [0.5, 0.6) is 0 Å². The Morgan fingerprint density at radius 2 is 2.00 bits per heavy atom. The van der Waals surface area contributed by atoms with Gasteiger partial charge in [-0.25, -0.2) is 9.97 Å². The fourth-order valence-corrected chi connectivity index (χ4v) is 1.91. The van der Waals surface area contributed by atoms with E-state index in [2.05, 4.69) is 22.2 Å². The Balaban J connectivity index is 2.25. The van der Waals surface area contributed by atoms with Gasteiger partial charge in [-0.2, -0.15) is 0 Å². The molecular formula is C13H22N4S. The van der Waals surface area contributed by atoms with Gasteiger partial charge in [-0.1, -0.05) is 51.2 Å². The number of nitrogens with two attached hydrogens (primary N) is 1. The Kier molecular flexibility index (Phi) is 7.25. The van der Waals surface area contributed by atoms with Crippen LogP contribution in [0.25, 0.3) is 0 Å². The lowest BCUT2D eigenvalue weighted by atomic mass is 10.1. The van der Waals surface area contributed by atoms with Crippen molar-refractivity contribution in [1.82, 2.24) is 9.97 Å². The summed E-state index contributed by atoms with van der Waals surface area (Å²) in [5.41, 5.74) is 6.33. The van der Waals surface area contributed by atoms with Crippen molar-refractivity contribution >= 4 is 23.0 Å². The molecule has 0 aromatic carbocycles. The van der Waals surface area contributed by atoms with E-state index in [1.54, 1.807) is 6.20 Å². The summed E-state index contributed by atoms with van der Waals surface area (Å²) in [6, 6.07) is 0. The maximum Gasteiger partial charge on any atom is 0.139 e. The van der Waals surface area contributed by atoms with E-state index in [0.29, 0.717) is 4.99 Å². The number of hydrogen-bond acceptors (Lipinski definition) is 4. The predicted molar refractivity (Wildman–Crippen MR) is 79.8 cm³/mol. The highest BCUT2D eigenvalue weighted by molar-refractivity contribution is 7.80. The molecule has 0 bridgehead atoms. The fraction of sp³-hybridized carbons (Fsp3) is 0.615. The highest BCUT2D eigenvalue weighted by atomic mass is 32.1. The maximum absolute atomic E-state index is 5.61. The second-order valence-electron chi connectivity index (χ2n) is 4.34. The number of thiocarbonyl (C=S) groups is 1. The van der Waals surface area contributed by atoms with E-state index in [1.807, 2.05) is 0 Å². The minimum absolute atomic E-state index is 0.334. The lowest BCUT2D eigenvalue weighted by Gasteiger charge is -2.08. The summed E-state index contributed by atoms with van der Waals surface area (Å²) in [7, 11) is 0. The smallest absolute Gasteiger partial charge is 0.139 e. The summed E-state index contributed by atoms with van der Waals surface area (Å²) in [6.45, 7) is 3.13. The van der Waals surface area contributed by atoms with Crippen molar-refractivity contribution in [3.05, 3.63) is 18.1 Å². The Bertz CT molecular complexity index is 368. The molecule has 0 unspecified atom stereocenters. The molecule has 4 nitrogen and oxygen atoms in total. The summed E-state index contributed by atoms with van der Waals surface area (Å²) in [6.07, 6.45) is 10.8. The van der Waals surface area contributed by atoms with E-state index in [-0.39, 0.29) is 0 Å². The minimum atomic E-state index is 0.334. The lowest BCUT2D eigenvalue weighted by molar-refractivity contribution is 0.616. The van der Waals surface area contributed by atoms with Gasteiger partial charge in [0.15, 0.2) is 0 Å². The van der Waals surface area contributed by atoms with Gasteiger partial charge in [0, 0.05) is 12.7 Å². The maximum atomic E-state index is 5.61. The van der Waals surface area contributed by atoms with E-state index < -0.39 is 0 Å². The Morgan fingerprint density at radius 1 is 1.28 bits per heavy atom. The zero-order valence-electron chi connectivity index (χ0n) is 11.0. The molecule has 0 fully saturated rings. The summed E-state index contributed by atoms with van der Waals surface area (Å²) < 4.78 is 0. The highest BCUT2D eigenvalue weighted by Crippen LogP contribution is 2.10. The second kappa shape index (κ2) is 8.80. The monoisotopic (exact) mass is 266 g/mol. The number of nitrogens with zero attached hydrogens (tertiary/aromatic N) is 2. The van der Waals surface area contributed by atoms with Crippen LogP contribution in [0.1, 0.15) is 51.0 Å². The van der Waals surface area contributed by atoms with Gasteiger partial charge in [-0.3, -0.25) is 0 Å². The quantitative estimate of drug-likeness (QED) is 0.531. The van der Waals surface area contributed by atoms with Crippen LogP contribution in [-0.4, -0.2) is 21.5 Å². The molecule has 5 heteroatoms. The van der Waals surface area contributed by atoms with Crippen molar-refractivity contribution in [3.63, 3.8) is 0 Å². The molecule has 1 heterocycles. The van der Waals surface area contributed by atoms with Crippen molar-refractivity contribution < 1.29 is 0 Å². The molecule has 3 N–H and O–H groups in total. The number of hydrogen-bond donors (Lipinski definition) is 2. The van der Waals surface area contributed by atoms with Gasteiger partial charge < -0.3 is 11.1 Å². The first-order valence-corrected chi connectivity index (χ1v) is 7.00. The average Bonchev–Trinajstić information content (AvgIpc) is 2.38. The van der Waals surface area contributed by atoms with Crippen LogP contribution in [0.3, 0.4) is 0 Å². The molecule has 0 aliphatic heterocycles. The largest absolute Gasteiger partial charge is 0.389 e. The molecule has 0 amide bonds. The summed E-state index contributed by atoms with van der Waals surface area (Å²) >= 11 is 4.96. The zero-order valence-corrected chi connectivity index (χ0v) is 11.8. The van der Waals surface area contributed by atoms with Crippen LogP contribution < -0.4 is 11.1 Å². The van der Waals surface area contributed by atoms with Crippen LogP contribution in [-0.2, 0) is 0 Å². The predicted octanol–water partition coefficient (Wildman–Crippen LogP) is 2.88. The number of unbranched alkanes of at least 4 members (excludes halogenated alkanes) is 5. The van der Waals surface area contributed by atoms with Gasteiger partial charge in [-0.05, 0) is 6.42 Å². The van der Waals surface area contributed by atoms with Crippen LogP contribution in [0.4, 0.5) is 5.82 Å². The molecule has 0 aliphatic rings. The summed E-state index contributed by atoms with van der Waals surface area (Å²) in [4.78, 5) is 8.42. The average molecular weight is 266 g/mol. The third-order valence-electron chi connectivity index (χ3n) is 2.80. The minimum Gasteiger partial charge on any atom is -0.389 e. The number of anilines is 1. The molecule has 0 saturated carbocycles. The molecule has 1 rings (SSSR count). The molecule has 18 heavy (non-hydrogen) atoms. The first-order chi connectivity index (χ1) is 8.75. The second-order valence-corrected chi connectivity index (χ2v) is 4.78. The Morgan fingerprint density at radius 3 is 2.72 bits per heavy atom. The highest BCUT2D eigenvalue weighted by Gasteiger charge is 2.05. The fourth-order valence-electron chi connectivity index (χ4n) is 1.76. The van der Waals surface area contributed by atoms with Crippen LogP contribution in [0.2, 0.25) is 0 Å². The number of rotatable bonds is 9. The standard InChI is InChI=1S/C13H22N4S/c1-2-3-4-5-6-7-8-16-13-11(12(14)18)9-15-10-17-13/h9-10H,2-8H2,1H3,(H2,14,18)(H,15,16,17). The number of aromatic nitrogens is 2. The van der Waals surface area contributed by atoms with Gasteiger partial charge in [0.1, 0.15) is 17.1 Å². The van der Waals surface area contributed by atoms with Gasteiger partial charge in [-0.15, -0.1) is 0 Å². The van der Waals surface area contributed by atoms with Gasteiger partial charge >= 0.3 is 0 Å². The van der Waals surface area contributed by atoms with Crippen molar-refractivity contribution in [1.29, 1.82) is 0 Å². The summed E-state index contributed by atoms with van der Waals surface area (Å²) in [5.74, 6) is 0.742. The SMILES string of the molecule is CCCCCCCCNc1ncncc1C(N)=S. The normalized spacial score (nSPS) is 10.3. The van der Waals surface area contributed by atoms with Gasteiger partial charge in [0.25, 0.3) is 0 Å². The molecule has 0 saturated heterocycles. The zero-order chi connectivity index (χ0) is 13.2. The Labute approximate surface area is 114 Å². The van der Waals surface area contributed by atoms with E-state index in [1.165, 1.54) is 38.4 Å².